The summed E-state index contributed by atoms with van der Waals surface area (Å²) in [6, 6.07) is 19.5. The van der Waals surface area contributed by atoms with E-state index in [4.69, 9.17) is 4.98 Å². The Labute approximate surface area is 176 Å². The molecule has 5 rings (SSSR count). The molecule has 30 heavy (non-hydrogen) atoms. The van der Waals surface area contributed by atoms with Crippen LogP contribution in [-0.4, -0.2) is 25.6 Å². The number of para-hydroxylation sites is 1. The fourth-order valence-electron chi connectivity index (χ4n) is 3.75. The minimum Gasteiger partial charge on any atom is -0.360 e. The third-order valence-corrected chi connectivity index (χ3v) is 6.55. The fourth-order valence-corrected chi connectivity index (χ4v) is 4.69. The minimum atomic E-state index is -0.389. The SMILES string of the molecule is C[C@@H](Sc1nc2cc3ccccc3cc2c(=O)n1C)C(=O)c1c[nH]c2ccccc12. The van der Waals surface area contributed by atoms with Crippen molar-refractivity contribution in [2.75, 3.05) is 0 Å². The second-order valence-electron chi connectivity index (χ2n) is 7.35. The quantitative estimate of drug-likeness (QED) is 0.196. The van der Waals surface area contributed by atoms with Crippen LogP contribution in [0, 0.1) is 0 Å². The molecule has 5 nitrogen and oxygen atoms in total. The molecule has 0 aliphatic rings. The van der Waals surface area contributed by atoms with Crippen molar-refractivity contribution in [3.63, 3.8) is 0 Å². The monoisotopic (exact) mass is 413 g/mol. The normalized spacial score (nSPS) is 12.6. The Morgan fingerprint density at radius 2 is 1.73 bits per heavy atom. The van der Waals surface area contributed by atoms with Crippen LogP contribution in [0.15, 0.2) is 76.8 Å². The molecule has 0 radical (unpaired) electrons. The molecule has 0 bridgehead atoms. The zero-order valence-corrected chi connectivity index (χ0v) is 17.4. The van der Waals surface area contributed by atoms with Gasteiger partial charge in [-0.05, 0) is 35.9 Å². The van der Waals surface area contributed by atoms with Crippen molar-refractivity contribution < 1.29 is 4.79 Å². The molecule has 2 aromatic heterocycles. The van der Waals surface area contributed by atoms with E-state index in [2.05, 4.69) is 4.98 Å². The van der Waals surface area contributed by atoms with E-state index >= 15 is 0 Å². The molecule has 3 aromatic carbocycles. The first-order chi connectivity index (χ1) is 14.5. The standard InChI is InChI=1S/C24H19N3O2S/c1-14(22(28)19-13-25-20-10-6-5-9-17(19)20)30-24-26-21-12-16-8-4-3-7-15(16)11-18(21)23(29)27(24)2/h3-14,25H,1-2H3/t14-/m1/s1. The lowest BCUT2D eigenvalue weighted by molar-refractivity contribution is 0.0995. The second kappa shape index (κ2) is 7.15. The number of Topliss-reactive ketones (excluding diaryl/α,β-unsaturated/α-hetero) is 1. The molecular formula is C24H19N3O2S. The molecule has 0 amide bonds. The number of benzene rings is 3. The van der Waals surface area contributed by atoms with Gasteiger partial charge in [-0.15, -0.1) is 0 Å². The Morgan fingerprint density at radius 1 is 1.03 bits per heavy atom. The zero-order chi connectivity index (χ0) is 20.8. The number of nitrogens with zero attached hydrogens (tertiary/aromatic N) is 2. The summed E-state index contributed by atoms with van der Waals surface area (Å²) in [6.07, 6.45) is 1.75. The highest BCUT2D eigenvalue weighted by Gasteiger charge is 2.22. The van der Waals surface area contributed by atoms with Crippen LogP contribution in [0.1, 0.15) is 17.3 Å². The number of H-pyrrole nitrogens is 1. The van der Waals surface area contributed by atoms with E-state index in [1.807, 2.05) is 67.6 Å². The lowest BCUT2D eigenvalue weighted by Gasteiger charge is -2.13. The van der Waals surface area contributed by atoms with Crippen molar-refractivity contribution >= 4 is 50.1 Å². The molecule has 0 fully saturated rings. The summed E-state index contributed by atoms with van der Waals surface area (Å²) in [6.45, 7) is 1.85. The molecule has 5 aromatic rings. The molecule has 0 aliphatic heterocycles. The van der Waals surface area contributed by atoms with Gasteiger partial charge in [0.1, 0.15) is 0 Å². The summed E-state index contributed by atoms with van der Waals surface area (Å²) in [5.74, 6) is 0.00491. The summed E-state index contributed by atoms with van der Waals surface area (Å²) < 4.78 is 1.53. The van der Waals surface area contributed by atoms with Gasteiger partial charge in [0, 0.05) is 29.7 Å². The number of nitrogens with one attached hydrogen (secondary N) is 1. The molecule has 148 valence electrons. The Kier molecular flexibility index (Phi) is 4.44. The van der Waals surface area contributed by atoms with Gasteiger partial charge in [0.25, 0.3) is 5.56 Å². The predicted molar refractivity (Wildman–Crippen MR) is 122 cm³/mol. The van der Waals surface area contributed by atoms with E-state index in [1.165, 1.54) is 16.3 Å². The van der Waals surface area contributed by atoms with Crippen LogP contribution >= 0.6 is 11.8 Å². The molecule has 1 atom stereocenters. The summed E-state index contributed by atoms with van der Waals surface area (Å²) >= 11 is 1.31. The molecule has 0 aliphatic carbocycles. The summed E-state index contributed by atoms with van der Waals surface area (Å²) in [5.41, 5.74) is 2.12. The number of thioether (sulfide) groups is 1. The lowest BCUT2D eigenvalue weighted by Crippen LogP contribution is -2.22. The Balaban J connectivity index is 1.54. The van der Waals surface area contributed by atoms with Crippen molar-refractivity contribution in [1.29, 1.82) is 0 Å². The van der Waals surface area contributed by atoms with Crippen LogP contribution < -0.4 is 5.56 Å². The van der Waals surface area contributed by atoms with Gasteiger partial charge >= 0.3 is 0 Å². The average molecular weight is 414 g/mol. The molecule has 6 heteroatoms. The third kappa shape index (κ3) is 3.00. The smallest absolute Gasteiger partial charge is 0.261 e. The van der Waals surface area contributed by atoms with Gasteiger partial charge in [0.15, 0.2) is 10.9 Å². The topological polar surface area (TPSA) is 67.8 Å². The van der Waals surface area contributed by atoms with Gasteiger partial charge in [0.05, 0.1) is 16.2 Å². The number of carbonyl (C=O) groups is 1. The number of carbonyl (C=O) groups excluding carboxylic acids is 1. The van der Waals surface area contributed by atoms with Crippen molar-refractivity contribution in [1.82, 2.24) is 14.5 Å². The van der Waals surface area contributed by atoms with Crippen LogP contribution in [0.2, 0.25) is 0 Å². The van der Waals surface area contributed by atoms with Gasteiger partial charge in [0.2, 0.25) is 0 Å². The maximum absolute atomic E-state index is 13.1. The van der Waals surface area contributed by atoms with Gasteiger partial charge < -0.3 is 4.98 Å². The molecule has 0 unspecified atom stereocenters. The van der Waals surface area contributed by atoms with E-state index in [-0.39, 0.29) is 16.6 Å². The van der Waals surface area contributed by atoms with Crippen molar-refractivity contribution in [3.05, 3.63) is 82.8 Å². The first kappa shape index (κ1) is 18.6. The minimum absolute atomic E-state index is 0.00491. The fraction of sp³-hybridized carbons (Fsp3) is 0.125. The van der Waals surface area contributed by atoms with Crippen LogP contribution in [0.25, 0.3) is 32.6 Å². The molecular weight excluding hydrogens is 394 g/mol. The summed E-state index contributed by atoms with van der Waals surface area (Å²) in [4.78, 5) is 33.9. The van der Waals surface area contributed by atoms with Gasteiger partial charge in [-0.25, -0.2) is 4.98 Å². The highest BCUT2D eigenvalue weighted by atomic mass is 32.2. The second-order valence-corrected chi connectivity index (χ2v) is 8.66. The number of ketones is 1. The van der Waals surface area contributed by atoms with Crippen molar-refractivity contribution in [2.24, 2.45) is 7.05 Å². The molecule has 1 N–H and O–H groups in total. The Morgan fingerprint density at radius 3 is 2.53 bits per heavy atom. The number of hydrogen-bond acceptors (Lipinski definition) is 4. The molecule has 2 heterocycles. The first-order valence-electron chi connectivity index (χ1n) is 9.69. The van der Waals surface area contributed by atoms with Crippen molar-refractivity contribution in [2.45, 2.75) is 17.3 Å². The summed E-state index contributed by atoms with van der Waals surface area (Å²) in [7, 11) is 1.70. The third-order valence-electron chi connectivity index (χ3n) is 5.41. The molecule has 0 saturated carbocycles. The summed E-state index contributed by atoms with van der Waals surface area (Å²) in [5, 5.41) is 3.67. The van der Waals surface area contributed by atoms with Crippen LogP contribution in [-0.2, 0) is 7.05 Å². The van der Waals surface area contributed by atoms with E-state index in [9.17, 15) is 9.59 Å². The maximum atomic E-state index is 13.1. The van der Waals surface area contributed by atoms with E-state index in [0.29, 0.717) is 21.6 Å². The average Bonchev–Trinajstić information content (AvgIpc) is 3.20. The van der Waals surface area contributed by atoms with E-state index in [0.717, 1.165) is 21.7 Å². The first-order valence-corrected chi connectivity index (χ1v) is 10.6. The molecule has 0 spiro atoms. The largest absolute Gasteiger partial charge is 0.360 e. The molecule has 0 saturated heterocycles. The number of hydrogen-bond donors (Lipinski definition) is 1. The highest BCUT2D eigenvalue weighted by Crippen LogP contribution is 2.28. The highest BCUT2D eigenvalue weighted by molar-refractivity contribution is 8.00. The zero-order valence-electron chi connectivity index (χ0n) is 16.5. The lowest BCUT2D eigenvalue weighted by atomic mass is 10.1. The van der Waals surface area contributed by atoms with Crippen LogP contribution in [0.3, 0.4) is 0 Å². The van der Waals surface area contributed by atoms with Crippen molar-refractivity contribution in [3.8, 4) is 0 Å². The maximum Gasteiger partial charge on any atom is 0.261 e. The Bertz CT molecular complexity index is 1500. The number of rotatable bonds is 4. The number of fused-ring (bicyclic) bond motifs is 3. The predicted octanol–water partition coefficient (Wildman–Crippen LogP) is 4.93. The number of aromatic nitrogens is 3. The van der Waals surface area contributed by atoms with E-state index in [1.54, 1.807) is 13.2 Å². The van der Waals surface area contributed by atoms with Crippen LogP contribution in [0.4, 0.5) is 0 Å². The van der Waals surface area contributed by atoms with Gasteiger partial charge in [-0.1, -0.05) is 54.2 Å². The van der Waals surface area contributed by atoms with Gasteiger partial charge in [-0.2, -0.15) is 0 Å². The van der Waals surface area contributed by atoms with Gasteiger partial charge in [-0.3, -0.25) is 14.2 Å². The van der Waals surface area contributed by atoms with Crippen LogP contribution in [0.5, 0.6) is 0 Å². The van der Waals surface area contributed by atoms with E-state index < -0.39 is 0 Å². The number of aromatic amines is 1. The Hall–Kier alpha value is -3.38.